The van der Waals surface area contributed by atoms with E-state index >= 15 is 0 Å². The number of carboxylic acids is 1. The van der Waals surface area contributed by atoms with Crippen molar-refractivity contribution >= 4 is 23.5 Å². The molecule has 0 unspecified atom stereocenters. The standard InChI is InChI=1S/C13H13ClN4O3/c1-2-10-12(13(21)15-7-11(19)20)16-17-18(10)9-5-3-4-8(14)6-9/h3-6H,2,7H2,1H3,(H,15,21)(H,19,20). The highest BCUT2D eigenvalue weighted by atomic mass is 35.5. The molecule has 21 heavy (non-hydrogen) atoms. The van der Waals surface area contributed by atoms with E-state index in [0.29, 0.717) is 22.8 Å². The Morgan fingerprint density at radius 2 is 2.19 bits per heavy atom. The third-order valence-electron chi connectivity index (χ3n) is 2.77. The lowest BCUT2D eigenvalue weighted by molar-refractivity contribution is -0.135. The molecule has 7 nitrogen and oxygen atoms in total. The van der Waals surface area contributed by atoms with E-state index in [2.05, 4.69) is 15.6 Å². The van der Waals surface area contributed by atoms with Crippen molar-refractivity contribution in [2.75, 3.05) is 6.54 Å². The fourth-order valence-corrected chi connectivity index (χ4v) is 2.03. The average molecular weight is 309 g/mol. The SMILES string of the molecule is CCc1c(C(=O)NCC(=O)O)nnn1-c1cccc(Cl)c1. The summed E-state index contributed by atoms with van der Waals surface area (Å²) in [5, 5.41) is 19.2. The van der Waals surface area contributed by atoms with Gasteiger partial charge in [0.2, 0.25) is 0 Å². The van der Waals surface area contributed by atoms with E-state index in [9.17, 15) is 9.59 Å². The Morgan fingerprint density at radius 3 is 2.81 bits per heavy atom. The quantitative estimate of drug-likeness (QED) is 0.867. The van der Waals surface area contributed by atoms with Crippen molar-refractivity contribution in [2.24, 2.45) is 0 Å². The third-order valence-corrected chi connectivity index (χ3v) is 3.00. The summed E-state index contributed by atoms with van der Waals surface area (Å²) < 4.78 is 1.52. The van der Waals surface area contributed by atoms with Crippen LogP contribution in [0.1, 0.15) is 23.1 Å². The molecule has 110 valence electrons. The van der Waals surface area contributed by atoms with Gasteiger partial charge in [-0.05, 0) is 24.6 Å². The van der Waals surface area contributed by atoms with Gasteiger partial charge in [-0.25, -0.2) is 4.68 Å². The Morgan fingerprint density at radius 1 is 1.43 bits per heavy atom. The topological polar surface area (TPSA) is 97.1 Å². The molecule has 1 heterocycles. The van der Waals surface area contributed by atoms with Crippen LogP contribution in [0.3, 0.4) is 0 Å². The summed E-state index contributed by atoms with van der Waals surface area (Å²) in [6.45, 7) is 1.39. The molecular formula is C13H13ClN4O3. The van der Waals surface area contributed by atoms with E-state index in [4.69, 9.17) is 16.7 Å². The van der Waals surface area contributed by atoms with Crippen molar-refractivity contribution in [3.8, 4) is 5.69 Å². The summed E-state index contributed by atoms with van der Waals surface area (Å²) in [5.41, 5.74) is 1.38. The molecule has 0 atom stereocenters. The van der Waals surface area contributed by atoms with Gasteiger partial charge in [-0.1, -0.05) is 29.8 Å². The van der Waals surface area contributed by atoms with Crippen molar-refractivity contribution in [3.63, 3.8) is 0 Å². The molecule has 0 saturated carbocycles. The largest absolute Gasteiger partial charge is 0.480 e. The number of carbonyl (C=O) groups excluding carboxylic acids is 1. The molecule has 0 spiro atoms. The molecule has 2 aromatic rings. The van der Waals surface area contributed by atoms with E-state index in [1.807, 2.05) is 6.92 Å². The smallest absolute Gasteiger partial charge is 0.322 e. The molecule has 0 aliphatic rings. The predicted octanol–water partition coefficient (Wildman–Crippen LogP) is 1.30. The molecule has 0 fully saturated rings. The molecule has 0 saturated heterocycles. The molecule has 1 aromatic heterocycles. The van der Waals surface area contributed by atoms with E-state index < -0.39 is 18.4 Å². The van der Waals surface area contributed by atoms with Crippen molar-refractivity contribution in [2.45, 2.75) is 13.3 Å². The summed E-state index contributed by atoms with van der Waals surface area (Å²) >= 11 is 5.94. The normalized spacial score (nSPS) is 10.4. The maximum absolute atomic E-state index is 11.9. The van der Waals surface area contributed by atoms with Gasteiger partial charge in [-0.3, -0.25) is 9.59 Å². The van der Waals surface area contributed by atoms with Crippen LogP contribution in [0, 0.1) is 0 Å². The maximum atomic E-state index is 11.9. The van der Waals surface area contributed by atoms with Crippen LogP contribution < -0.4 is 5.32 Å². The maximum Gasteiger partial charge on any atom is 0.322 e. The number of carboxylic acid groups (broad SMARTS) is 1. The van der Waals surface area contributed by atoms with Crippen LogP contribution >= 0.6 is 11.6 Å². The number of aromatic nitrogens is 3. The number of carbonyl (C=O) groups is 2. The Labute approximate surface area is 125 Å². The summed E-state index contributed by atoms with van der Waals surface area (Å²) in [5.74, 6) is -1.69. The lowest BCUT2D eigenvalue weighted by Crippen LogP contribution is -2.30. The summed E-state index contributed by atoms with van der Waals surface area (Å²) in [7, 11) is 0. The van der Waals surface area contributed by atoms with Gasteiger partial charge in [0.25, 0.3) is 5.91 Å². The minimum absolute atomic E-state index is 0.110. The first-order valence-corrected chi connectivity index (χ1v) is 6.61. The van der Waals surface area contributed by atoms with Gasteiger partial charge in [-0.2, -0.15) is 0 Å². The van der Waals surface area contributed by atoms with Gasteiger partial charge < -0.3 is 10.4 Å². The number of aliphatic carboxylic acids is 1. The van der Waals surface area contributed by atoms with Crippen LogP contribution in [-0.2, 0) is 11.2 Å². The Kier molecular flexibility index (Phi) is 4.54. The summed E-state index contributed by atoms with van der Waals surface area (Å²) in [4.78, 5) is 22.4. The zero-order valence-electron chi connectivity index (χ0n) is 11.2. The molecule has 0 bridgehead atoms. The van der Waals surface area contributed by atoms with Crippen molar-refractivity contribution < 1.29 is 14.7 Å². The molecule has 2 rings (SSSR count). The van der Waals surface area contributed by atoms with E-state index in [1.54, 1.807) is 24.3 Å². The second kappa shape index (κ2) is 6.36. The number of amides is 1. The fraction of sp³-hybridized carbons (Fsp3) is 0.231. The minimum atomic E-state index is -1.12. The van der Waals surface area contributed by atoms with Gasteiger partial charge in [0.15, 0.2) is 5.69 Å². The van der Waals surface area contributed by atoms with Crippen molar-refractivity contribution in [1.29, 1.82) is 0 Å². The highest BCUT2D eigenvalue weighted by Crippen LogP contribution is 2.17. The van der Waals surface area contributed by atoms with E-state index in [-0.39, 0.29) is 5.69 Å². The molecule has 0 aliphatic heterocycles. The molecule has 0 aliphatic carbocycles. The lowest BCUT2D eigenvalue weighted by atomic mass is 10.2. The summed E-state index contributed by atoms with van der Waals surface area (Å²) in [6.07, 6.45) is 0.509. The fourth-order valence-electron chi connectivity index (χ4n) is 1.85. The van der Waals surface area contributed by atoms with Crippen LogP contribution in [0.25, 0.3) is 5.69 Å². The second-order valence-electron chi connectivity index (χ2n) is 4.21. The molecule has 8 heteroatoms. The second-order valence-corrected chi connectivity index (χ2v) is 4.64. The molecule has 1 amide bonds. The van der Waals surface area contributed by atoms with Gasteiger partial charge in [0.1, 0.15) is 6.54 Å². The first kappa shape index (κ1) is 15.0. The minimum Gasteiger partial charge on any atom is -0.480 e. The number of nitrogens with zero attached hydrogens (tertiary/aromatic N) is 3. The lowest BCUT2D eigenvalue weighted by Gasteiger charge is -2.06. The van der Waals surface area contributed by atoms with Gasteiger partial charge >= 0.3 is 5.97 Å². The third kappa shape index (κ3) is 3.38. The number of benzene rings is 1. The number of hydrogen-bond donors (Lipinski definition) is 2. The number of rotatable bonds is 5. The average Bonchev–Trinajstić information content (AvgIpc) is 2.88. The van der Waals surface area contributed by atoms with E-state index in [0.717, 1.165) is 0 Å². The predicted molar refractivity (Wildman–Crippen MR) is 75.7 cm³/mol. The number of halogens is 1. The Bertz CT molecular complexity index is 684. The number of hydrogen-bond acceptors (Lipinski definition) is 4. The highest BCUT2D eigenvalue weighted by Gasteiger charge is 2.19. The van der Waals surface area contributed by atoms with Crippen molar-refractivity contribution in [1.82, 2.24) is 20.3 Å². The van der Waals surface area contributed by atoms with Crippen LogP contribution in [-0.4, -0.2) is 38.5 Å². The number of nitrogens with one attached hydrogen (secondary N) is 1. The highest BCUT2D eigenvalue weighted by molar-refractivity contribution is 6.30. The van der Waals surface area contributed by atoms with Crippen LogP contribution in [0.4, 0.5) is 0 Å². The molecule has 0 radical (unpaired) electrons. The first-order valence-electron chi connectivity index (χ1n) is 6.23. The van der Waals surface area contributed by atoms with Gasteiger partial charge in [0, 0.05) is 5.02 Å². The van der Waals surface area contributed by atoms with Gasteiger partial charge in [-0.15, -0.1) is 5.10 Å². The van der Waals surface area contributed by atoms with Crippen LogP contribution in [0.5, 0.6) is 0 Å². The Balaban J connectivity index is 2.34. The molecular weight excluding hydrogens is 296 g/mol. The zero-order valence-corrected chi connectivity index (χ0v) is 12.0. The zero-order chi connectivity index (χ0) is 15.4. The monoisotopic (exact) mass is 308 g/mol. The molecule has 2 N–H and O–H groups in total. The van der Waals surface area contributed by atoms with E-state index in [1.165, 1.54) is 4.68 Å². The molecule has 1 aromatic carbocycles. The first-order chi connectivity index (χ1) is 10.0. The van der Waals surface area contributed by atoms with Crippen molar-refractivity contribution in [3.05, 3.63) is 40.7 Å². The summed E-state index contributed by atoms with van der Waals surface area (Å²) in [6, 6.07) is 6.99. The van der Waals surface area contributed by atoms with Gasteiger partial charge in [0.05, 0.1) is 11.4 Å². The van der Waals surface area contributed by atoms with Crippen LogP contribution in [0.2, 0.25) is 5.02 Å². The Hall–Kier alpha value is -2.41. The van der Waals surface area contributed by atoms with Crippen LogP contribution in [0.15, 0.2) is 24.3 Å².